The molecule has 0 aromatic carbocycles. The molecule has 2 saturated carbocycles. The Morgan fingerprint density at radius 1 is 1.06 bits per heavy atom. The minimum atomic E-state index is 0.467. The molecule has 0 amide bonds. The molecule has 2 aliphatic carbocycles. The first-order valence-electron chi connectivity index (χ1n) is 7.63. The van der Waals surface area contributed by atoms with Crippen LogP contribution in [-0.4, -0.2) is 25.8 Å². The summed E-state index contributed by atoms with van der Waals surface area (Å²) in [4.78, 5) is 0. The lowest BCUT2D eigenvalue weighted by atomic mass is 9.81. The van der Waals surface area contributed by atoms with Crippen molar-refractivity contribution in [1.82, 2.24) is 5.32 Å². The number of ether oxygens (including phenoxy) is 1. The fraction of sp³-hybridized carbons (Fsp3) is 1.00. The van der Waals surface area contributed by atoms with Crippen LogP contribution in [0.4, 0.5) is 0 Å². The molecule has 100 valence electrons. The Balaban J connectivity index is 1.91. The normalized spacial score (nSPS) is 25.8. The Morgan fingerprint density at radius 2 is 1.76 bits per heavy atom. The van der Waals surface area contributed by atoms with Crippen LogP contribution in [0.3, 0.4) is 0 Å². The SMILES string of the molecule is CCCNC(C1CC1)C(OC)C1CCCCC1. The van der Waals surface area contributed by atoms with Crippen molar-refractivity contribution in [2.24, 2.45) is 11.8 Å². The monoisotopic (exact) mass is 239 g/mol. The predicted molar refractivity (Wildman–Crippen MR) is 72.2 cm³/mol. The Morgan fingerprint density at radius 3 is 2.29 bits per heavy atom. The van der Waals surface area contributed by atoms with E-state index in [0.717, 1.165) is 18.4 Å². The molecular formula is C15H29NO. The van der Waals surface area contributed by atoms with Gasteiger partial charge in [-0.2, -0.15) is 0 Å². The standard InChI is InChI=1S/C15H29NO/c1-3-11-16-14(12-9-10-12)15(17-2)13-7-5-4-6-8-13/h12-16H,3-11H2,1-2H3. The molecule has 0 bridgehead atoms. The number of rotatable bonds is 7. The van der Waals surface area contributed by atoms with Crippen molar-refractivity contribution in [3.63, 3.8) is 0 Å². The third-order valence-electron chi connectivity index (χ3n) is 4.50. The van der Waals surface area contributed by atoms with Gasteiger partial charge in [-0.3, -0.25) is 0 Å². The highest BCUT2D eigenvalue weighted by Crippen LogP contribution is 2.39. The molecule has 0 radical (unpaired) electrons. The molecule has 2 nitrogen and oxygen atoms in total. The van der Waals surface area contributed by atoms with E-state index in [2.05, 4.69) is 12.2 Å². The summed E-state index contributed by atoms with van der Waals surface area (Å²) in [6, 6.07) is 0.628. The molecule has 0 spiro atoms. The molecule has 0 aromatic rings. The fourth-order valence-electron chi connectivity index (χ4n) is 3.41. The van der Waals surface area contributed by atoms with E-state index in [4.69, 9.17) is 4.74 Å². The highest BCUT2D eigenvalue weighted by molar-refractivity contribution is 4.94. The van der Waals surface area contributed by atoms with Crippen LogP contribution in [0.25, 0.3) is 0 Å². The summed E-state index contributed by atoms with van der Waals surface area (Å²) in [5, 5.41) is 3.75. The fourth-order valence-corrected chi connectivity index (χ4v) is 3.41. The van der Waals surface area contributed by atoms with Gasteiger partial charge in [-0.25, -0.2) is 0 Å². The molecule has 2 unspecified atom stereocenters. The van der Waals surface area contributed by atoms with Gasteiger partial charge in [0.1, 0.15) is 0 Å². The summed E-state index contributed by atoms with van der Waals surface area (Å²) < 4.78 is 5.89. The maximum absolute atomic E-state index is 5.89. The van der Waals surface area contributed by atoms with Gasteiger partial charge in [0.25, 0.3) is 0 Å². The predicted octanol–water partition coefficient (Wildman–Crippen LogP) is 3.36. The van der Waals surface area contributed by atoms with Crippen LogP contribution in [0.2, 0.25) is 0 Å². The summed E-state index contributed by atoms with van der Waals surface area (Å²) in [5.41, 5.74) is 0. The van der Waals surface area contributed by atoms with Crippen molar-refractivity contribution in [2.75, 3.05) is 13.7 Å². The molecule has 2 fully saturated rings. The minimum absolute atomic E-state index is 0.467. The van der Waals surface area contributed by atoms with E-state index in [0.29, 0.717) is 12.1 Å². The van der Waals surface area contributed by atoms with Crippen LogP contribution < -0.4 is 5.32 Å². The van der Waals surface area contributed by atoms with Crippen LogP contribution in [0.15, 0.2) is 0 Å². The minimum Gasteiger partial charge on any atom is -0.380 e. The first-order chi connectivity index (χ1) is 8.36. The molecule has 1 N–H and O–H groups in total. The maximum Gasteiger partial charge on any atom is 0.0755 e. The van der Waals surface area contributed by atoms with Crippen molar-refractivity contribution in [3.05, 3.63) is 0 Å². The zero-order chi connectivity index (χ0) is 12.1. The number of nitrogens with one attached hydrogen (secondary N) is 1. The van der Waals surface area contributed by atoms with Crippen molar-refractivity contribution in [3.8, 4) is 0 Å². The molecule has 0 aromatic heterocycles. The Labute approximate surface area is 107 Å². The summed E-state index contributed by atoms with van der Waals surface area (Å²) in [6.45, 7) is 3.40. The lowest BCUT2D eigenvalue weighted by Gasteiger charge is -2.35. The Kier molecular flexibility index (Phi) is 5.30. The van der Waals surface area contributed by atoms with Crippen molar-refractivity contribution < 1.29 is 4.74 Å². The number of hydrogen-bond donors (Lipinski definition) is 1. The second kappa shape index (κ2) is 6.75. The van der Waals surface area contributed by atoms with E-state index >= 15 is 0 Å². The van der Waals surface area contributed by atoms with Gasteiger partial charge >= 0.3 is 0 Å². The average Bonchev–Trinajstić information content (AvgIpc) is 3.20. The van der Waals surface area contributed by atoms with Crippen LogP contribution >= 0.6 is 0 Å². The maximum atomic E-state index is 5.89. The topological polar surface area (TPSA) is 21.3 Å². The third kappa shape index (κ3) is 3.69. The Bertz CT molecular complexity index is 209. The van der Waals surface area contributed by atoms with Gasteiger partial charge < -0.3 is 10.1 Å². The highest BCUT2D eigenvalue weighted by atomic mass is 16.5. The average molecular weight is 239 g/mol. The Hall–Kier alpha value is -0.0800. The van der Waals surface area contributed by atoms with Crippen molar-refractivity contribution >= 4 is 0 Å². The zero-order valence-corrected chi connectivity index (χ0v) is 11.6. The quantitative estimate of drug-likeness (QED) is 0.735. The van der Waals surface area contributed by atoms with Crippen LogP contribution in [0.5, 0.6) is 0 Å². The second-order valence-electron chi connectivity index (χ2n) is 5.92. The highest BCUT2D eigenvalue weighted by Gasteiger charge is 2.39. The van der Waals surface area contributed by atoms with Gasteiger partial charge in [0, 0.05) is 13.2 Å². The van der Waals surface area contributed by atoms with Crippen LogP contribution in [0, 0.1) is 11.8 Å². The van der Waals surface area contributed by atoms with Crippen LogP contribution in [-0.2, 0) is 4.74 Å². The summed E-state index contributed by atoms with van der Waals surface area (Å²) in [5.74, 6) is 1.71. The lowest BCUT2D eigenvalue weighted by Crippen LogP contribution is -2.47. The first-order valence-corrected chi connectivity index (χ1v) is 7.63. The molecule has 0 saturated heterocycles. The molecular weight excluding hydrogens is 210 g/mol. The lowest BCUT2D eigenvalue weighted by molar-refractivity contribution is 0.00255. The zero-order valence-electron chi connectivity index (χ0n) is 11.6. The summed E-state index contributed by atoms with van der Waals surface area (Å²) in [7, 11) is 1.92. The largest absolute Gasteiger partial charge is 0.380 e. The molecule has 2 aliphatic rings. The molecule has 2 rings (SSSR count). The molecule has 17 heavy (non-hydrogen) atoms. The van der Waals surface area contributed by atoms with Crippen molar-refractivity contribution in [2.45, 2.75) is 70.4 Å². The number of hydrogen-bond acceptors (Lipinski definition) is 2. The van der Waals surface area contributed by atoms with Crippen LogP contribution in [0.1, 0.15) is 58.3 Å². The van der Waals surface area contributed by atoms with Crippen molar-refractivity contribution in [1.29, 1.82) is 0 Å². The number of methoxy groups -OCH3 is 1. The van der Waals surface area contributed by atoms with Gasteiger partial charge in [0.05, 0.1) is 6.10 Å². The molecule has 0 aliphatic heterocycles. The van der Waals surface area contributed by atoms with Gasteiger partial charge in [0.2, 0.25) is 0 Å². The van der Waals surface area contributed by atoms with Gasteiger partial charge in [-0.15, -0.1) is 0 Å². The van der Waals surface area contributed by atoms with Gasteiger partial charge in [-0.1, -0.05) is 26.2 Å². The molecule has 2 atom stereocenters. The van der Waals surface area contributed by atoms with E-state index < -0.39 is 0 Å². The second-order valence-corrected chi connectivity index (χ2v) is 5.92. The smallest absolute Gasteiger partial charge is 0.0755 e. The summed E-state index contributed by atoms with van der Waals surface area (Å²) >= 11 is 0. The molecule has 2 heteroatoms. The molecule has 0 heterocycles. The summed E-state index contributed by atoms with van der Waals surface area (Å²) in [6.07, 6.45) is 11.5. The van der Waals surface area contributed by atoms with E-state index in [1.807, 2.05) is 7.11 Å². The first kappa shape index (κ1) is 13.4. The van der Waals surface area contributed by atoms with E-state index in [9.17, 15) is 0 Å². The van der Waals surface area contributed by atoms with Gasteiger partial charge in [-0.05, 0) is 50.5 Å². The van der Waals surface area contributed by atoms with Gasteiger partial charge in [0.15, 0.2) is 0 Å². The van der Waals surface area contributed by atoms with E-state index in [1.54, 1.807) is 0 Å². The van der Waals surface area contributed by atoms with E-state index in [-0.39, 0.29) is 0 Å². The van der Waals surface area contributed by atoms with E-state index in [1.165, 1.54) is 51.4 Å². The third-order valence-corrected chi connectivity index (χ3v) is 4.50.